The van der Waals surface area contributed by atoms with E-state index in [2.05, 4.69) is 169 Å². The van der Waals surface area contributed by atoms with Crippen LogP contribution in [0.5, 0.6) is 0 Å². The van der Waals surface area contributed by atoms with Gasteiger partial charge in [0.2, 0.25) is 0 Å². The van der Waals surface area contributed by atoms with Crippen LogP contribution < -0.4 is 20.7 Å². The molecule has 0 atom stereocenters. The number of pyridine rings is 2. The minimum Gasteiger partial charge on any atom is -0.309 e. The molecule has 44 heavy (non-hydrogen) atoms. The van der Waals surface area contributed by atoms with Crippen molar-refractivity contribution in [2.75, 3.05) is 0 Å². The molecule has 0 spiro atoms. The molecule has 0 amide bonds. The molecule has 4 heteroatoms. The zero-order valence-corrected chi connectivity index (χ0v) is 25.1. The minimum absolute atomic E-state index is 1.15. The van der Waals surface area contributed by atoms with Crippen molar-refractivity contribution in [3.8, 4) is 16.8 Å². The highest BCUT2D eigenvalue weighted by atomic mass is 28.3. The third-order valence-corrected chi connectivity index (χ3v) is 13.4. The number of benzene rings is 5. The Morgan fingerprint density at radius 1 is 0.455 bits per heavy atom. The van der Waals surface area contributed by atoms with Crippen molar-refractivity contribution in [1.29, 1.82) is 0 Å². The van der Waals surface area contributed by atoms with Crippen LogP contribution in [0.3, 0.4) is 0 Å². The first-order valence-corrected chi connectivity index (χ1v) is 16.9. The van der Waals surface area contributed by atoms with Crippen LogP contribution in [0.1, 0.15) is 0 Å². The predicted octanol–water partition coefficient (Wildman–Crippen LogP) is 6.62. The van der Waals surface area contributed by atoms with E-state index in [9.17, 15) is 0 Å². The summed E-state index contributed by atoms with van der Waals surface area (Å²) in [7, 11) is -2.97. The summed E-state index contributed by atoms with van der Waals surface area (Å²) in [5.74, 6) is 0. The molecule has 3 nitrogen and oxygen atoms in total. The fraction of sp³-hybridized carbons (Fsp3) is 0. The van der Waals surface area contributed by atoms with Gasteiger partial charge in [0.15, 0.2) is 8.07 Å². The molecule has 8 aromatic rings. The topological polar surface area (TPSA) is 30.7 Å². The van der Waals surface area contributed by atoms with Crippen molar-refractivity contribution in [3.63, 3.8) is 0 Å². The first-order valence-electron chi connectivity index (χ1n) is 14.9. The Morgan fingerprint density at radius 3 is 1.75 bits per heavy atom. The Bertz CT molecular complexity index is 2170. The van der Waals surface area contributed by atoms with Gasteiger partial charge in [-0.15, -0.1) is 0 Å². The monoisotopic (exact) mass is 579 g/mol. The Labute approximate surface area is 257 Å². The lowest BCUT2D eigenvalue weighted by molar-refractivity contribution is 1.18. The fourth-order valence-electron chi connectivity index (χ4n) is 6.89. The maximum absolute atomic E-state index is 4.71. The molecule has 0 N–H and O–H groups in total. The van der Waals surface area contributed by atoms with Gasteiger partial charge in [0.05, 0.1) is 11.0 Å². The molecule has 0 aliphatic rings. The number of fused-ring (bicyclic) bond motifs is 3. The van der Waals surface area contributed by atoms with E-state index < -0.39 is 8.07 Å². The van der Waals surface area contributed by atoms with Crippen LogP contribution in [0.4, 0.5) is 0 Å². The van der Waals surface area contributed by atoms with Crippen LogP contribution in [0.25, 0.3) is 38.6 Å². The highest BCUT2D eigenvalue weighted by Crippen LogP contribution is 2.32. The van der Waals surface area contributed by atoms with Crippen LogP contribution in [0.15, 0.2) is 176 Å². The Hall–Kier alpha value is -5.58. The molecule has 3 aromatic heterocycles. The van der Waals surface area contributed by atoms with E-state index in [1.165, 1.54) is 53.7 Å². The molecule has 0 unspecified atom stereocenters. The maximum Gasteiger partial charge on any atom is 0.183 e. The summed E-state index contributed by atoms with van der Waals surface area (Å²) >= 11 is 0. The molecule has 0 fully saturated rings. The molecule has 0 aliphatic carbocycles. The van der Waals surface area contributed by atoms with E-state index in [-0.39, 0.29) is 0 Å². The van der Waals surface area contributed by atoms with E-state index in [0.717, 1.165) is 5.69 Å². The summed E-state index contributed by atoms with van der Waals surface area (Å²) in [5.41, 5.74) is 5.94. The van der Waals surface area contributed by atoms with Crippen molar-refractivity contribution in [2.24, 2.45) is 0 Å². The molecule has 208 valence electrons. The smallest absolute Gasteiger partial charge is 0.183 e. The van der Waals surface area contributed by atoms with Crippen molar-refractivity contribution < 1.29 is 0 Å². The first-order chi connectivity index (χ1) is 21.9. The summed E-state index contributed by atoms with van der Waals surface area (Å²) in [6, 6.07) is 54.8. The molecule has 5 aromatic carbocycles. The molecule has 8 rings (SSSR count). The first kappa shape index (κ1) is 26.1. The van der Waals surface area contributed by atoms with E-state index in [0.29, 0.717) is 0 Å². The molecular weight excluding hydrogens is 551 g/mol. The second-order valence-electron chi connectivity index (χ2n) is 11.1. The standard InChI is InChI=1S/C40H29N3Si/c1-3-13-30(14-4-1)31-15-9-18-33(27-31)44(34-19-11-25-41-28-34,35-20-12-26-42-29-35)39-24-10-23-38-40(39)36-21-7-8-22-37(36)43(38)32-16-5-2-6-17-32/h1-29H. The largest absolute Gasteiger partial charge is 0.309 e. The molecule has 0 radical (unpaired) electrons. The lowest BCUT2D eigenvalue weighted by atomic mass is 10.1. The van der Waals surface area contributed by atoms with Gasteiger partial charge >= 0.3 is 0 Å². The van der Waals surface area contributed by atoms with Gasteiger partial charge in [-0.3, -0.25) is 9.97 Å². The van der Waals surface area contributed by atoms with Crippen LogP contribution in [-0.2, 0) is 0 Å². The van der Waals surface area contributed by atoms with Gasteiger partial charge in [-0.05, 0) is 68.3 Å². The third-order valence-electron chi connectivity index (χ3n) is 8.71. The van der Waals surface area contributed by atoms with Crippen LogP contribution >= 0.6 is 0 Å². The highest BCUT2D eigenvalue weighted by Gasteiger charge is 2.44. The maximum atomic E-state index is 4.71. The summed E-state index contributed by atoms with van der Waals surface area (Å²) in [4.78, 5) is 9.42. The summed E-state index contributed by atoms with van der Waals surface area (Å²) in [5, 5.41) is 7.59. The number of hydrogen-bond acceptors (Lipinski definition) is 2. The average Bonchev–Trinajstić information content (AvgIpc) is 3.45. The van der Waals surface area contributed by atoms with Crippen molar-refractivity contribution in [3.05, 3.63) is 176 Å². The van der Waals surface area contributed by atoms with Crippen LogP contribution in [-0.4, -0.2) is 22.6 Å². The van der Waals surface area contributed by atoms with Gasteiger partial charge in [0.1, 0.15) is 0 Å². The van der Waals surface area contributed by atoms with Gasteiger partial charge in [-0.2, -0.15) is 0 Å². The lowest BCUT2D eigenvalue weighted by Crippen LogP contribution is -2.75. The SMILES string of the molecule is c1ccc(-c2cccc([Si](c3cccnc3)(c3cccnc3)c3cccc4c3c3ccccc3n4-c3ccccc3)c2)cc1. The Kier molecular flexibility index (Phi) is 6.47. The van der Waals surface area contributed by atoms with Crippen LogP contribution in [0.2, 0.25) is 0 Å². The lowest BCUT2D eigenvalue weighted by Gasteiger charge is -2.34. The number of rotatable bonds is 6. The normalized spacial score (nSPS) is 11.6. The van der Waals surface area contributed by atoms with Crippen LogP contribution in [0, 0.1) is 0 Å². The quantitative estimate of drug-likeness (QED) is 0.207. The van der Waals surface area contributed by atoms with E-state index in [1.807, 2.05) is 12.4 Å². The van der Waals surface area contributed by atoms with Crippen molar-refractivity contribution in [2.45, 2.75) is 0 Å². The zero-order chi connectivity index (χ0) is 29.3. The Balaban J connectivity index is 1.55. The number of nitrogens with zero attached hydrogens (tertiary/aromatic N) is 3. The molecular formula is C40H29N3Si. The summed E-state index contributed by atoms with van der Waals surface area (Å²) in [6.07, 6.45) is 7.88. The second-order valence-corrected chi connectivity index (χ2v) is 14.8. The average molecular weight is 580 g/mol. The zero-order valence-electron chi connectivity index (χ0n) is 24.1. The van der Waals surface area contributed by atoms with Gasteiger partial charge in [-0.1, -0.05) is 115 Å². The number of para-hydroxylation sites is 2. The Morgan fingerprint density at radius 2 is 1.05 bits per heavy atom. The van der Waals surface area contributed by atoms with Crippen molar-refractivity contribution >= 4 is 50.6 Å². The molecule has 3 heterocycles. The molecule has 0 aliphatic heterocycles. The minimum atomic E-state index is -2.97. The molecule has 0 saturated heterocycles. The molecule has 0 saturated carbocycles. The van der Waals surface area contributed by atoms with Gasteiger partial charge in [-0.25, -0.2) is 0 Å². The van der Waals surface area contributed by atoms with Gasteiger partial charge in [0.25, 0.3) is 0 Å². The van der Waals surface area contributed by atoms with Crippen molar-refractivity contribution in [1.82, 2.24) is 14.5 Å². The number of aromatic nitrogens is 3. The van der Waals surface area contributed by atoms with Gasteiger partial charge < -0.3 is 4.57 Å². The fourth-order valence-corrected chi connectivity index (χ4v) is 11.7. The third kappa shape index (κ3) is 4.11. The highest BCUT2D eigenvalue weighted by molar-refractivity contribution is 7.20. The summed E-state index contributed by atoms with van der Waals surface area (Å²) < 4.78 is 2.40. The van der Waals surface area contributed by atoms with E-state index in [4.69, 9.17) is 9.97 Å². The molecule has 0 bridgehead atoms. The van der Waals surface area contributed by atoms with Gasteiger partial charge in [0, 0.05) is 41.2 Å². The summed E-state index contributed by atoms with van der Waals surface area (Å²) in [6.45, 7) is 0. The van der Waals surface area contributed by atoms with E-state index >= 15 is 0 Å². The number of hydrogen-bond donors (Lipinski definition) is 0. The second kappa shape index (κ2) is 10.9. The van der Waals surface area contributed by atoms with E-state index in [1.54, 1.807) is 0 Å². The predicted molar refractivity (Wildman–Crippen MR) is 185 cm³/mol.